The molecule has 3 aromatic heterocycles. The Morgan fingerprint density at radius 2 is 1.88 bits per heavy atom. The van der Waals surface area contributed by atoms with Crippen LogP contribution in [0, 0.1) is 0 Å². The summed E-state index contributed by atoms with van der Waals surface area (Å²) in [6, 6.07) is 9.47. The SMILES string of the molecule is CN(CCCC[C@@H](CN1CCn2c(cc3c(OCC(F)(F)F)nccc32)C1=O)NC(=O)c1cccc(-c2nnn(C)n2)c1)C(=O)OC(C)(C)C. The molecule has 5 rings (SSSR count). The van der Waals surface area contributed by atoms with Crippen LogP contribution in [-0.2, 0) is 18.3 Å². The Kier molecular flexibility index (Phi) is 10.6. The number of fused-ring (bicyclic) bond motifs is 3. The molecule has 3 amide bonds. The van der Waals surface area contributed by atoms with Crippen LogP contribution in [0.1, 0.15) is 60.9 Å². The van der Waals surface area contributed by atoms with Gasteiger partial charge in [-0.3, -0.25) is 9.59 Å². The summed E-state index contributed by atoms with van der Waals surface area (Å²) in [4.78, 5) is 48.2. The zero-order valence-electron chi connectivity index (χ0n) is 28.5. The summed E-state index contributed by atoms with van der Waals surface area (Å²) in [6.07, 6.45) is -1.91. The molecule has 1 aromatic carbocycles. The number of nitrogens with zero attached hydrogens (tertiary/aromatic N) is 8. The van der Waals surface area contributed by atoms with Crippen LogP contribution >= 0.6 is 0 Å². The zero-order valence-corrected chi connectivity index (χ0v) is 28.5. The molecule has 0 aliphatic carbocycles. The van der Waals surface area contributed by atoms with Crippen LogP contribution in [0.2, 0.25) is 0 Å². The minimum atomic E-state index is -4.55. The number of carbonyl (C=O) groups is 3. The molecule has 4 aromatic rings. The van der Waals surface area contributed by atoms with Gasteiger partial charge in [0, 0.05) is 56.6 Å². The molecule has 1 atom stereocenters. The molecule has 0 spiro atoms. The molecule has 1 N–H and O–H groups in total. The predicted octanol–water partition coefficient (Wildman–Crippen LogP) is 4.46. The first-order chi connectivity index (χ1) is 23.6. The van der Waals surface area contributed by atoms with Gasteiger partial charge in [-0.25, -0.2) is 9.78 Å². The normalized spacial score (nSPS) is 14.0. The molecule has 0 unspecified atom stereocenters. The van der Waals surface area contributed by atoms with Gasteiger partial charge in [-0.15, -0.1) is 10.2 Å². The topological polar surface area (TPSA) is 150 Å². The number of nitrogens with one attached hydrogen (secondary N) is 1. The van der Waals surface area contributed by atoms with E-state index in [2.05, 4.69) is 25.7 Å². The van der Waals surface area contributed by atoms with Crippen molar-refractivity contribution in [2.75, 3.05) is 33.3 Å². The molecule has 1 aliphatic heterocycles. The van der Waals surface area contributed by atoms with Crippen molar-refractivity contribution in [3.05, 3.63) is 53.9 Å². The fraction of sp³-hybridized carbons (Fsp3) is 0.485. The third-order valence-electron chi connectivity index (χ3n) is 7.93. The van der Waals surface area contributed by atoms with Crippen molar-refractivity contribution in [1.82, 2.24) is 44.9 Å². The van der Waals surface area contributed by atoms with E-state index in [1.807, 2.05) is 0 Å². The lowest BCUT2D eigenvalue weighted by Crippen LogP contribution is -2.49. The lowest BCUT2D eigenvalue weighted by Gasteiger charge is -2.32. The van der Waals surface area contributed by atoms with Gasteiger partial charge in [-0.05, 0) is 69.5 Å². The second-order valence-electron chi connectivity index (χ2n) is 13.1. The Balaban J connectivity index is 1.31. The van der Waals surface area contributed by atoms with Gasteiger partial charge in [0.05, 0.1) is 18.0 Å². The molecule has 0 fully saturated rings. The lowest BCUT2D eigenvalue weighted by molar-refractivity contribution is -0.153. The number of aryl methyl sites for hydroxylation is 1. The summed E-state index contributed by atoms with van der Waals surface area (Å²) in [6.45, 7) is 5.17. The molecular weight excluding hydrogens is 659 g/mol. The van der Waals surface area contributed by atoms with Gasteiger partial charge in [-0.2, -0.15) is 18.0 Å². The summed E-state index contributed by atoms with van der Waals surface area (Å²) in [5.41, 5.74) is 1.18. The highest BCUT2D eigenvalue weighted by Crippen LogP contribution is 2.31. The largest absolute Gasteiger partial charge is 0.468 e. The summed E-state index contributed by atoms with van der Waals surface area (Å²) in [5.74, 6) is -0.540. The molecule has 0 bridgehead atoms. The number of hydrogen-bond acceptors (Lipinski definition) is 9. The maximum atomic E-state index is 13.8. The van der Waals surface area contributed by atoms with Crippen LogP contribution in [0.3, 0.4) is 0 Å². The van der Waals surface area contributed by atoms with Crippen LogP contribution in [0.5, 0.6) is 5.88 Å². The minimum Gasteiger partial charge on any atom is -0.468 e. The van der Waals surface area contributed by atoms with Gasteiger partial charge in [0.25, 0.3) is 11.8 Å². The maximum absolute atomic E-state index is 13.8. The maximum Gasteiger partial charge on any atom is 0.422 e. The summed E-state index contributed by atoms with van der Waals surface area (Å²) < 4.78 is 50.7. The lowest BCUT2D eigenvalue weighted by atomic mass is 10.1. The first kappa shape index (κ1) is 36.1. The molecule has 0 saturated carbocycles. The third-order valence-corrected chi connectivity index (χ3v) is 7.93. The van der Waals surface area contributed by atoms with Crippen LogP contribution in [0.15, 0.2) is 42.6 Å². The highest BCUT2D eigenvalue weighted by Gasteiger charge is 2.32. The second-order valence-corrected chi connectivity index (χ2v) is 13.1. The van der Waals surface area contributed by atoms with Gasteiger partial charge in [0.15, 0.2) is 6.61 Å². The Bertz CT molecular complexity index is 1850. The Hall–Kier alpha value is -5.22. The van der Waals surface area contributed by atoms with E-state index in [-0.39, 0.29) is 29.9 Å². The number of alkyl halides is 3. The monoisotopic (exact) mass is 699 g/mol. The molecule has 1 aliphatic rings. The zero-order chi connectivity index (χ0) is 36.2. The van der Waals surface area contributed by atoms with Crippen molar-refractivity contribution < 1.29 is 37.0 Å². The number of tetrazole rings is 1. The van der Waals surface area contributed by atoms with E-state index in [4.69, 9.17) is 9.47 Å². The van der Waals surface area contributed by atoms with E-state index in [1.54, 1.807) is 74.7 Å². The van der Waals surface area contributed by atoms with Crippen LogP contribution in [-0.4, -0.2) is 109 Å². The van der Waals surface area contributed by atoms with E-state index in [1.165, 1.54) is 22.0 Å². The van der Waals surface area contributed by atoms with Crippen LogP contribution in [0.25, 0.3) is 22.3 Å². The number of rotatable bonds is 12. The molecular formula is C33H40F3N9O5. The Labute approximate surface area is 286 Å². The number of pyridine rings is 1. The Morgan fingerprint density at radius 3 is 2.58 bits per heavy atom. The molecule has 50 heavy (non-hydrogen) atoms. The van der Waals surface area contributed by atoms with E-state index in [0.717, 1.165) is 0 Å². The predicted molar refractivity (Wildman–Crippen MR) is 175 cm³/mol. The number of carbonyl (C=O) groups excluding carboxylic acids is 3. The molecule has 268 valence electrons. The van der Waals surface area contributed by atoms with E-state index < -0.39 is 30.5 Å². The van der Waals surface area contributed by atoms with Crippen molar-refractivity contribution >= 4 is 28.8 Å². The summed E-state index contributed by atoms with van der Waals surface area (Å²) in [7, 11) is 3.30. The van der Waals surface area contributed by atoms with Crippen molar-refractivity contribution in [2.24, 2.45) is 7.05 Å². The van der Waals surface area contributed by atoms with E-state index in [9.17, 15) is 27.6 Å². The minimum absolute atomic E-state index is 0.176. The molecule has 0 saturated heterocycles. The van der Waals surface area contributed by atoms with Gasteiger partial charge >= 0.3 is 12.3 Å². The second kappa shape index (κ2) is 14.7. The molecule has 17 heteroatoms. The van der Waals surface area contributed by atoms with Crippen LogP contribution in [0.4, 0.5) is 18.0 Å². The number of aromatic nitrogens is 6. The number of unbranched alkanes of at least 4 members (excludes halogenated alkanes) is 1. The first-order valence-electron chi connectivity index (χ1n) is 16.1. The molecule has 0 radical (unpaired) electrons. The van der Waals surface area contributed by atoms with E-state index >= 15 is 0 Å². The van der Waals surface area contributed by atoms with Gasteiger partial charge in [-0.1, -0.05) is 12.1 Å². The van der Waals surface area contributed by atoms with E-state index in [0.29, 0.717) is 66.8 Å². The van der Waals surface area contributed by atoms with Gasteiger partial charge in [0.1, 0.15) is 11.3 Å². The number of ether oxygens (including phenoxy) is 2. The van der Waals surface area contributed by atoms with Crippen LogP contribution < -0.4 is 10.1 Å². The standard InChI is InChI=1S/C33H40F3N9O5/c1-32(2,3)50-31(48)42(4)14-7-6-11-23(38-28(46)22-10-8-9-21(17-22)27-39-41-43(5)40-27)19-44-15-16-45-25-12-13-37-29(49-20-33(34,35)36)24(25)18-26(45)30(44)47/h8-10,12-13,17-18,23H,6-7,11,14-16,19-20H2,1-5H3,(H,38,46)/t23-/m0/s1. The average molecular weight is 700 g/mol. The highest BCUT2D eigenvalue weighted by molar-refractivity contribution is 6.01. The molecule has 14 nitrogen and oxygen atoms in total. The third kappa shape index (κ3) is 9.06. The van der Waals surface area contributed by atoms with Gasteiger partial charge in [0.2, 0.25) is 11.7 Å². The number of hydrogen-bond donors (Lipinski definition) is 1. The quantitative estimate of drug-likeness (QED) is 0.212. The Morgan fingerprint density at radius 1 is 1.10 bits per heavy atom. The van der Waals surface area contributed by atoms with Crippen molar-refractivity contribution in [3.63, 3.8) is 0 Å². The van der Waals surface area contributed by atoms with Crippen molar-refractivity contribution in [2.45, 2.75) is 64.4 Å². The number of amides is 3. The molecule has 4 heterocycles. The van der Waals surface area contributed by atoms with Crippen molar-refractivity contribution in [1.29, 1.82) is 0 Å². The van der Waals surface area contributed by atoms with Crippen molar-refractivity contribution in [3.8, 4) is 17.3 Å². The highest BCUT2D eigenvalue weighted by atomic mass is 19.4. The fourth-order valence-corrected chi connectivity index (χ4v) is 5.62. The first-order valence-corrected chi connectivity index (χ1v) is 16.1. The number of benzene rings is 1. The summed E-state index contributed by atoms with van der Waals surface area (Å²) in [5, 5.41) is 15.4. The summed E-state index contributed by atoms with van der Waals surface area (Å²) >= 11 is 0. The fourth-order valence-electron chi connectivity index (χ4n) is 5.62. The smallest absolute Gasteiger partial charge is 0.422 e. The number of halogens is 3. The average Bonchev–Trinajstić information content (AvgIpc) is 3.66. The van der Waals surface area contributed by atoms with Gasteiger partial charge < -0.3 is 29.2 Å².